The molecule has 0 bridgehead atoms. The van der Waals surface area contributed by atoms with Crippen LogP contribution in [0.15, 0.2) is 90.6 Å². The highest BCUT2D eigenvalue weighted by atomic mass is 16.3. The maximum absolute atomic E-state index is 13.4. The Hall–Kier alpha value is -4.19. The van der Waals surface area contributed by atoms with Crippen molar-refractivity contribution in [1.82, 2.24) is 14.9 Å². The topological polar surface area (TPSA) is 86.3 Å². The van der Waals surface area contributed by atoms with E-state index in [9.17, 15) is 14.7 Å². The predicted octanol–water partition coefficient (Wildman–Crippen LogP) is 4.69. The Morgan fingerprint density at radius 3 is 2.55 bits per heavy atom. The molecule has 6 nitrogen and oxygen atoms in total. The first-order valence-corrected chi connectivity index (χ1v) is 10.8. The van der Waals surface area contributed by atoms with Crippen molar-refractivity contribution in [1.29, 1.82) is 0 Å². The minimum absolute atomic E-state index is 0.106. The van der Waals surface area contributed by atoms with Crippen LogP contribution in [-0.2, 0) is 11.2 Å². The van der Waals surface area contributed by atoms with Gasteiger partial charge in [0.1, 0.15) is 0 Å². The minimum Gasteiger partial charge on any atom is -0.503 e. The zero-order valence-electron chi connectivity index (χ0n) is 18.2. The van der Waals surface area contributed by atoms with Crippen LogP contribution in [0.2, 0.25) is 0 Å². The Kier molecular flexibility index (Phi) is 5.26. The second kappa shape index (κ2) is 8.39. The van der Waals surface area contributed by atoms with Crippen LogP contribution in [0.3, 0.4) is 0 Å². The molecule has 2 N–H and O–H groups in total. The number of Topliss-reactive ketones (excluding diaryl/α,β-unsaturated/α-hetero) is 1. The number of aromatic nitrogens is 2. The maximum atomic E-state index is 13.4. The van der Waals surface area contributed by atoms with Gasteiger partial charge in [-0.1, -0.05) is 48.0 Å². The SMILES string of the molecule is Cc1ccc(C2C(C(=O)c3ccncc3)=C(O)C(=O)N2CCc2c[nH]c3ccccc23)cc1. The normalized spacial score (nSPS) is 16.1. The molecule has 0 aliphatic carbocycles. The number of amides is 1. The molecule has 4 aromatic rings. The van der Waals surface area contributed by atoms with E-state index >= 15 is 0 Å². The van der Waals surface area contributed by atoms with Crippen molar-refractivity contribution < 1.29 is 14.7 Å². The van der Waals surface area contributed by atoms with Crippen molar-refractivity contribution in [2.45, 2.75) is 19.4 Å². The third kappa shape index (κ3) is 3.69. The number of nitrogens with zero attached hydrogens (tertiary/aromatic N) is 2. The van der Waals surface area contributed by atoms with Crippen molar-refractivity contribution in [3.63, 3.8) is 0 Å². The molecule has 1 atom stereocenters. The molecular weight excluding hydrogens is 414 g/mol. The standard InChI is InChI=1S/C27H23N3O3/c1-17-6-8-18(9-7-17)24-23(25(31)19-10-13-28-14-11-19)26(32)27(33)30(24)15-12-20-16-29-22-5-3-2-4-21(20)22/h2-11,13-14,16,24,29,32H,12,15H2,1H3. The molecule has 0 radical (unpaired) electrons. The zero-order valence-corrected chi connectivity index (χ0v) is 18.2. The zero-order chi connectivity index (χ0) is 22.9. The number of rotatable bonds is 6. The van der Waals surface area contributed by atoms with Gasteiger partial charge in [-0.2, -0.15) is 0 Å². The Balaban J connectivity index is 1.52. The van der Waals surface area contributed by atoms with Crippen LogP contribution in [0, 0.1) is 6.92 Å². The van der Waals surface area contributed by atoms with Crippen LogP contribution < -0.4 is 0 Å². The molecule has 1 amide bonds. The number of carbonyl (C=O) groups excluding carboxylic acids is 2. The number of H-pyrrole nitrogens is 1. The van der Waals surface area contributed by atoms with E-state index in [1.165, 1.54) is 12.4 Å². The second-order valence-electron chi connectivity index (χ2n) is 8.25. The van der Waals surface area contributed by atoms with Gasteiger partial charge in [-0.25, -0.2) is 0 Å². The number of pyridine rings is 1. The lowest BCUT2D eigenvalue weighted by molar-refractivity contribution is -0.129. The molecule has 3 heterocycles. The third-order valence-electron chi connectivity index (χ3n) is 6.18. The van der Waals surface area contributed by atoms with E-state index in [0.29, 0.717) is 18.5 Å². The highest BCUT2D eigenvalue weighted by Gasteiger charge is 2.43. The Bertz CT molecular complexity index is 1370. The highest BCUT2D eigenvalue weighted by molar-refractivity contribution is 6.16. The van der Waals surface area contributed by atoms with E-state index in [0.717, 1.165) is 27.6 Å². The summed E-state index contributed by atoms with van der Waals surface area (Å²) in [7, 11) is 0. The van der Waals surface area contributed by atoms with Crippen LogP contribution in [0.1, 0.15) is 33.1 Å². The molecule has 5 rings (SSSR count). The van der Waals surface area contributed by atoms with Crippen LogP contribution in [0.4, 0.5) is 0 Å². The summed E-state index contributed by atoms with van der Waals surface area (Å²) in [5, 5.41) is 11.9. The van der Waals surface area contributed by atoms with Gasteiger partial charge in [0.25, 0.3) is 5.91 Å². The lowest BCUT2D eigenvalue weighted by Crippen LogP contribution is -2.33. The van der Waals surface area contributed by atoms with Crippen molar-refractivity contribution in [2.24, 2.45) is 0 Å². The highest BCUT2D eigenvalue weighted by Crippen LogP contribution is 2.39. The quantitative estimate of drug-likeness (QED) is 0.429. The van der Waals surface area contributed by atoms with Gasteiger partial charge in [-0.3, -0.25) is 14.6 Å². The average molecular weight is 437 g/mol. The first-order chi connectivity index (χ1) is 16.0. The number of para-hydroxylation sites is 1. The summed E-state index contributed by atoms with van der Waals surface area (Å²) >= 11 is 0. The fourth-order valence-electron chi connectivity index (χ4n) is 4.45. The molecule has 0 saturated carbocycles. The molecule has 0 fully saturated rings. The number of aliphatic hydroxyl groups is 1. The van der Waals surface area contributed by atoms with Crippen molar-refractivity contribution in [3.05, 3.63) is 113 Å². The van der Waals surface area contributed by atoms with E-state index in [1.807, 2.05) is 61.7 Å². The van der Waals surface area contributed by atoms with Gasteiger partial charge in [0.2, 0.25) is 0 Å². The second-order valence-corrected chi connectivity index (χ2v) is 8.25. The largest absolute Gasteiger partial charge is 0.503 e. The Labute approximate surface area is 191 Å². The Morgan fingerprint density at radius 2 is 1.79 bits per heavy atom. The van der Waals surface area contributed by atoms with Crippen LogP contribution >= 0.6 is 0 Å². The molecule has 1 aliphatic rings. The summed E-state index contributed by atoms with van der Waals surface area (Å²) in [6, 6.07) is 18.2. The molecule has 33 heavy (non-hydrogen) atoms. The summed E-state index contributed by atoms with van der Waals surface area (Å²) in [4.78, 5) is 35.4. The maximum Gasteiger partial charge on any atom is 0.290 e. The van der Waals surface area contributed by atoms with E-state index in [1.54, 1.807) is 17.0 Å². The van der Waals surface area contributed by atoms with Crippen LogP contribution in [0.25, 0.3) is 10.9 Å². The van der Waals surface area contributed by atoms with Gasteiger partial charge in [0.15, 0.2) is 11.5 Å². The van der Waals surface area contributed by atoms with E-state index in [4.69, 9.17) is 0 Å². The number of benzene rings is 2. The molecule has 1 aliphatic heterocycles. The average Bonchev–Trinajstić information content (AvgIpc) is 3.37. The monoisotopic (exact) mass is 437 g/mol. The number of aryl methyl sites for hydroxylation is 1. The number of aliphatic hydroxyl groups excluding tert-OH is 1. The summed E-state index contributed by atoms with van der Waals surface area (Å²) in [5.74, 6) is -1.39. The van der Waals surface area contributed by atoms with Crippen molar-refractivity contribution in [3.8, 4) is 0 Å². The molecular formula is C27H23N3O3. The number of hydrogen-bond acceptors (Lipinski definition) is 4. The number of aromatic amines is 1. The smallest absolute Gasteiger partial charge is 0.290 e. The fourth-order valence-corrected chi connectivity index (χ4v) is 4.45. The first-order valence-electron chi connectivity index (χ1n) is 10.8. The van der Waals surface area contributed by atoms with Crippen molar-refractivity contribution >= 4 is 22.6 Å². The summed E-state index contributed by atoms with van der Waals surface area (Å²) < 4.78 is 0. The molecule has 6 heteroatoms. The van der Waals surface area contributed by atoms with E-state index in [-0.39, 0.29) is 11.4 Å². The predicted molar refractivity (Wildman–Crippen MR) is 126 cm³/mol. The molecule has 164 valence electrons. The van der Waals surface area contributed by atoms with Gasteiger partial charge in [-0.15, -0.1) is 0 Å². The van der Waals surface area contributed by atoms with Crippen LogP contribution in [0.5, 0.6) is 0 Å². The number of fused-ring (bicyclic) bond motifs is 1. The van der Waals surface area contributed by atoms with E-state index in [2.05, 4.69) is 9.97 Å². The summed E-state index contributed by atoms with van der Waals surface area (Å²) in [6.45, 7) is 2.34. The number of hydrogen-bond donors (Lipinski definition) is 2. The number of nitrogens with one attached hydrogen (secondary N) is 1. The lowest BCUT2D eigenvalue weighted by atomic mass is 9.92. The van der Waals surface area contributed by atoms with Crippen molar-refractivity contribution in [2.75, 3.05) is 6.54 Å². The van der Waals surface area contributed by atoms with Gasteiger partial charge < -0.3 is 15.0 Å². The molecule has 2 aromatic heterocycles. The minimum atomic E-state index is -0.663. The Morgan fingerprint density at radius 1 is 1.06 bits per heavy atom. The van der Waals surface area contributed by atoms with Crippen LogP contribution in [-0.4, -0.2) is 38.2 Å². The number of ketones is 1. The van der Waals surface area contributed by atoms with E-state index < -0.39 is 17.7 Å². The number of carbonyl (C=O) groups is 2. The van der Waals surface area contributed by atoms with Gasteiger partial charge in [0, 0.05) is 41.6 Å². The third-order valence-corrected chi connectivity index (χ3v) is 6.18. The molecule has 2 aromatic carbocycles. The molecule has 1 unspecified atom stereocenters. The van der Waals surface area contributed by atoms with Gasteiger partial charge in [0.05, 0.1) is 11.6 Å². The first kappa shape index (κ1) is 20.7. The van der Waals surface area contributed by atoms with Gasteiger partial charge >= 0.3 is 0 Å². The summed E-state index contributed by atoms with van der Waals surface area (Å²) in [6.07, 6.45) is 5.58. The summed E-state index contributed by atoms with van der Waals surface area (Å²) in [5.41, 5.74) is 4.46. The molecule has 0 saturated heterocycles. The fraction of sp³-hybridized carbons (Fsp3) is 0.148. The van der Waals surface area contributed by atoms with Gasteiger partial charge in [-0.05, 0) is 42.7 Å². The molecule has 0 spiro atoms. The lowest BCUT2D eigenvalue weighted by Gasteiger charge is -2.27.